The zero-order valence-electron chi connectivity index (χ0n) is 11.8. The molecule has 1 heterocycles. The highest BCUT2D eigenvalue weighted by atomic mass is 35.5. The monoisotopic (exact) mass is 296 g/mol. The van der Waals surface area contributed by atoms with Crippen LogP contribution >= 0.6 is 11.6 Å². The Hall–Kier alpha value is -1.10. The van der Waals surface area contributed by atoms with Gasteiger partial charge in [-0.25, -0.2) is 0 Å². The Kier molecular flexibility index (Phi) is 5.40. The predicted octanol–water partition coefficient (Wildman–Crippen LogP) is 1.41. The Morgan fingerprint density at radius 3 is 2.65 bits per heavy atom. The van der Waals surface area contributed by atoms with Gasteiger partial charge < -0.3 is 10.0 Å². The van der Waals surface area contributed by atoms with E-state index in [1.807, 2.05) is 29.2 Å². The van der Waals surface area contributed by atoms with E-state index in [9.17, 15) is 9.90 Å². The van der Waals surface area contributed by atoms with Crippen LogP contribution in [0.5, 0.6) is 0 Å². The van der Waals surface area contributed by atoms with Crippen molar-refractivity contribution in [2.45, 2.75) is 19.4 Å². The highest BCUT2D eigenvalue weighted by Gasteiger charge is 2.21. The van der Waals surface area contributed by atoms with Crippen LogP contribution in [0.25, 0.3) is 0 Å². The summed E-state index contributed by atoms with van der Waals surface area (Å²) in [7, 11) is 0. The molecule has 5 heteroatoms. The number of piperazine rings is 1. The molecule has 0 radical (unpaired) electrons. The van der Waals surface area contributed by atoms with Crippen molar-refractivity contribution < 1.29 is 9.90 Å². The molecule has 1 aliphatic heterocycles. The van der Waals surface area contributed by atoms with Crippen LogP contribution < -0.4 is 0 Å². The Balaban J connectivity index is 1.83. The van der Waals surface area contributed by atoms with Crippen LogP contribution in [-0.4, -0.2) is 59.6 Å². The average molecular weight is 297 g/mol. The molecule has 0 bridgehead atoms. The molecule has 0 spiro atoms. The number of carbonyl (C=O) groups excluding carboxylic acids is 1. The van der Waals surface area contributed by atoms with Gasteiger partial charge in [0.05, 0.1) is 12.5 Å². The third-order valence-electron chi connectivity index (χ3n) is 3.49. The minimum atomic E-state index is -0.316. The lowest BCUT2D eigenvalue weighted by molar-refractivity contribution is -0.132. The van der Waals surface area contributed by atoms with Gasteiger partial charge in [0.25, 0.3) is 0 Å². The Morgan fingerprint density at radius 1 is 1.35 bits per heavy atom. The molecule has 0 saturated carbocycles. The quantitative estimate of drug-likeness (QED) is 0.913. The smallest absolute Gasteiger partial charge is 0.227 e. The van der Waals surface area contributed by atoms with Crippen molar-refractivity contribution in [3.05, 3.63) is 34.9 Å². The number of carbonyl (C=O) groups is 1. The molecule has 1 saturated heterocycles. The normalized spacial score (nSPS) is 18.1. The number of β-amino-alcohol motifs (C(OH)–C–C–N with tert-alkyl or cyclic N) is 1. The van der Waals surface area contributed by atoms with E-state index in [1.54, 1.807) is 6.92 Å². The van der Waals surface area contributed by atoms with Gasteiger partial charge in [0.2, 0.25) is 5.91 Å². The Bertz CT molecular complexity index is 457. The number of hydrogen-bond acceptors (Lipinski definition) is 3. The molecule has 1 atom stereocenters. The molecule has 1 amide bonds. The van der Waals surface area contributed by atoms with Gasteiger partial charge in [-0.15, -0.1) is 0 Å². The lowest BCUT2D eigenvalue weighted by atomic mass is 10.1. The standard InChI is InChI=1S/C15H21ClN2O2/c1-12(19)11-17-5-7-18(8-6-17)15(20)10-13-3-2-4-14(16)9-13/h2-4,9,12,19H,5-8,10-11H2,1H3/t12-/m0/s1. The predicted molar refractivity (Wildman–Crippen MR) is 79.9 cm³/mol. The molecule has 1 aromatic carbocycles. The van der Waals surface area contributed by atoms with E-state index < -0.39 is 0 Å². The number of rotatable bonds is 4. The van der Waals surface area contributed by atoms with E-state index in [-0.39, 0.29) is 12.0 Å². The molecule has 0 aliphatic carbocycles. The lowest BCUT2D eigenvalue weighted by Crippen LogP contribution is -2.50. The second-order valence-corrected chi connectivity index (χ2v) is 5.77. The van der Waals surface area contributed by atoms with E-state index in [0.717, 1.165) is 31.7 Å². The maximum absolute atomic E-state index is 12.2. The van der Waals surface area contributed by atoms with Gasteiger partial charge in [-0.2, -0.15) is 0 Å². The van der Waals surface area contributed by atoms with Gasteiger partial charge in [0.15, 0.2) is 0 Å². The van der Waals surface area contributed by atoms with Crippen molar-refractivity contribution in [2.24, 2.45) is 0 Å². The maximum Gasteiger partial charge on any atom is 0.227 e. The molecule has 4 nitrogen and oxygen atoms in total. The summed E-state index contributed by atoms with van der Waals surface area (Å²) >= 11 is 5.93. The second kappa shape index (κ2) is 7.07. The van der Waals surface area contributed by atoms with E-state index in [1.165, 1.54) is 0 Å². The number of aliphatic hydroxyl groups is 1. The van der Waals surface area contributed by atoms with Crippen LogP contribution in [-0.2, 0) is 11.2 Å². The molecule has 1 aliphatic rings. The summed E-state index contributed by atoms with van der Waals surface area (Å²) in [6, 6.07) is 7.44. The largest absolute Gasteiger partial charge is 0.392 e. The highest BCUT2D eigenvalue weighted by Crippen LogP contribution is 2.13. The zero-order chi connectivity index (χ0) is 14.5. The number of benzene rings is 1. The first-order chi connectivity index (χ1) is 9.54. The zero-order valence-corrected chi connectivity index (χ0v) is 12.5. The SMILES string of the molecule is C[C@H](O)CN1CCN(C(=O)Cc2cccc(Cl)c2)CC1. The molecule has 110 valence electrons. The van der Waals surface area contributed by atoms with Gasteiger partial charge >= 0.3 is 0 Å². The van der Waals surface area contributed by atoms with E-state index in [0.29, 0.717) is 18.0 Å². The van der Waals surface area contributed by atoms with Crippen molar-refractivity contribution in [2.75, 3.05) is 32.7 Å². The molecule has 20 heavy (non-hydrogen) atoms. The molecule has 1 fully saturated rings. The first-order valence-electron chi connectivity index (χ1n) is 6.97. The summed E-state index contributed by atoms with van der Waals surface area (Å²) in [4.78, 5) is 16.3. The Labute approximate surface area is 124 Å². The average Bonchev–Trinajstić information content (AvgIpc) is 2.38. The maximum atomic E-state index is 12.2. The van der Waals surface area contributed by atoms with E-state index in [2.05, 4.69) is 4.90 Å². The van der Waals surface area contributed by atoms with Crippen LogP contribution in [0, 0.1) is 0 Å². The first-order valence-corrected chi connectivity index (χ1v) is 7.35. The number of halogens is 1. The fraction of sp³-hybridized carbons (Fsp3) is 0.533. The molecule has 1 aromatic rings. The number of aliphatic hydroxyl groups excluding tert-OH is 1. The van der Waals surface area contributed by atoms with Crippen molar-refractivity contribution >= 4 is 17.5 Å². The molecular weight excluding hydrogens is 276 g/mol. The molecule has 0 unspecified atom stereocenters. The fourth-order valence-corrected chi connectivity index (χ4v) is 2.70. The van der Waals surface area contributed by atoms with Crippen molar-refractivity contribution in [3.8, 4) is 0 Å². The second-order valence-electron chi connectivity index (χ2n) is 5.34. The number of hydrogen-bond donors (Lipinski definition) is 1. The van der Waals surface area contributed by atoms with E-state index >= 15 is 0 Å². The summed E-state index contributed by atoms with van der Waals surface area (Å²) in [5.41, 5.74) is 0.953. The minimum absolute atomic E-state index is 0.143. The first kappa shape index (κ1) is 15.3. The van der Waals surface area contributed by atoms with Gasteiger partial charge in [-0.3, -0.25) is 9.69 Å². The van der Waals surface area contributed by atoms with Crippen molar-refractivity contribution in [3.63, 3.8) is 0 Å². The van der Waals surface area contributed by atoms with Gasteiger partial charge in [-0.1, -0.05) is 23.7 Å². The van der Waals surface area contributed by atoms with Crippen LogP contribution in [0.15, 0.2) is 24.3 Å². The fourth-order valence-electron chi connectivity index (χ4n) is 2.49. The van der Waals surface area contributed by atoms with Crippen molar-refractivity contribution in [1.29, 1.82) is 0 Å². The summed E-state index contributed by atoms with van der Waals surface area (Å²) in [6.45, 7) is 5.57. The Morgan fingerprint density at radius 2 is 2.05 bits per heavy atom. The minimum Gasteiger partial charge on any atom is -0.392 e. The van der Waals surface area contributed by atoms with Gasteiger partial charge in [0, 0.05) is 37.7 Å². The van der Waals surface area contributed by atoms with E-state index in [4.69, 9.17) is 11.6 Å². The third-order valence-corrected chi connectivity index (χ3v) is 3.73. The lowest BCUT2D eigenvalue weighted by Gasteiger charge is -2.35. The topological polar surface area (TPSA) is 43.8 Å². The summed E-state index contributed by atoms with van der Waals surface area (Å²) in [5, 5.41) is 10.0. The third kappa shape index (κ3) is 4.47. The van der Waals surface area contributed by atoms with Crippen LogP contribution in [0.1, 0.15) is 12.5 Å². The number of nitrogens with zero attached hydrogens (tertiary/aromatic N) is 2. The molecule has 2 rings (SSSR count). The van der Waals surface area contributed by atoms with Gasteiger partial charge in [0.1, 0.15) is 0 Å². The summed E-state index contributed by atoms with van der Waals surface area (Å²) < 4.78 is 0. The molecule has 1 N–H and O–H groups in total. The van der Waals surface area contributed by atoms with Crippen LogP contribution in [0.3, 0.4) is 0 Å². The molecular formula is C15H21ClN2O2. The summed E-state index contributed by atoms with van der Waals surface area (Å²) in [5.74, 6) is 0.143. The van der Waals surface area contributed by atoms with Crippen LogP contribution in [0.2, 0.25) is 5.02 Å². The summed E-state index contributed by atoms with van der Waals surface area (Å²) in [6.07, 6.45) is 0.0838. The number of amides is 1. The van der Waals surface area contributed by atoms with Crippen molar-refractivity contribution in [1.82, 2.24) is 9.80 Å². The molecule has 0 aromatic heterocycles. The highest BCUT2D eigenvalue weighted by molar-refractivity contribution is 6.30. The van der Waals surface area contributed by atoms with Gasteiger partial charge in [-0.05, 0) is 24.6 Å². The van der Waals surface area contributed by atoms with Crippen LogP contribution in [0.4, 0.5) is 0 Å².